The molecule has 2 unspecified atom stereocenters. The maximum atomic E-state index is 12.2. The molecule has 0 radical (unpaired) electrons. The molecular formula is C20H37NO2Si. The number of hydrogen-bond acceptors (Lipinski definition) is 2. The number of piperidine rings is 1. The number of amides is 1. The molecule has 1 aliphatic carbocycles. The summed E-state index contributed by atoms with van der Waals surface area (Å²) in [4.78, 5) is 14.1. The molecule has 0 aromatic carbocycles. The summed E-state index contributed by atoms with van der Waals surface area (Å²) in [5.41, 5.74) is 2.97. The molecule has 3 nitrogen and oxygen atoms in total. The molecule has 1 heterocycles. The van der Waals surface area contributed by atoms with Crippen LogP contribution in [-0.2, 0) is 9.22 Å². The van der Waals surface area contributed by atoms with Crippen molar-refractivity contribution in [1.82, 2.24) is 4.90 Å². The molecular weight excluding hydrogens is 314 g/mol. The van der Waals surface area contributed by atoms with Crippen LogP contribution >= 0.6 is 0 Å². The highest BCUT2D eigenvalue weighted by molar-refractivity contribution is 6.77. The summed E-state index contributed by atoms with van der Waals surface area (Å²) in [6.45, 7) is 16.4. The van der Waals surface area contributed by atoms with Crippen LogP contribution in [0, 0.1) is 5.41 Å². The van der Waals surface area contributed by atoms with Gasteiger partial charge in [0.1, 0.15) is 0 Å². The van der Waals surface area contributed by atoms with Gasteiger partial charge in [0.25, 0.3) is 0 Å². The Hall–Kier alpha value is -0.613. The fraction of sp³-hybridized carbons (Fsp3) is 0.850. The monoisotopic (exact) mass is 351 g/mol. The third-order valence-electron chi connectivity index (χ3n) is 6.71. The predicted octanol–water partition coefficient (Wildman–Crippen LogP) is 5.48. The number of carbonyl (C=O) groups is 1. The molecule has 0 aromatic rings. The van der Waals surface area contributed by atoms with Crippen molar-refractivity contribution in [2.75, 3.05) is 7.05 Å². The Morgan fingerprint density at radius 3 is 2.21 bits per heavy atom. The Morgan fingerprint density at radius 1 is 1.17 bits per heavy atom. The van der Waals surface area contributed by atoms with E-state index in [1.165, 1.54) is 5.70 Å². The van der Waals surface area contributed by atoms with E-state index in [2.05, 4.69) is 54.5 Å². The van der Waals surface area contributed by atoms with Crippen LogP contribution in [0.2, 0.25) is 16.6 Å². The van der Waals surface area contributed by atoms with E-state index in [1.807, 2.05) is 11.9 Å². The van der Waals surface area contributed by atoms with Crippen LogP contribution < -0.4 is 0 Å². The first-order valence-electron chi connectivity index (χ1n) is 9.72. The molecule has 0 saturated carbocycles. The summed E-state index contributed by atoms with van der Waals surface area (Å²) in [6, 6.07) is 0. The van der Waals surface area contributed by atoms with Crippen LogP contribution in [0.25, 0.3) is 0 Å². The van der Waals surface area contributed by atoms with Gasteiger partial charge in [-0.2, -0.15) is 0 Å². The SMILES string of the molecule is CC(C)[Si](OC1CCC=C2N(C)C(=O)CCC21C)(C(C)C)C(C)C. The zero-order chi connectivity index (χ0) is 18.3. The normalized spacial score (nSPS) is 28.6. The van der Waals surface area contributed by atoms with E-state index in [-0.39, 0.29) is 17.4 Å². The van der Waals surface area contributed by atoms with Gasteiger partial charge in [0.05, 0.1) is 6.10 Å². The Morgan fingerprint density at radius 2 is 1.71 bits per heavy atom. The minimum absolute atomic E-state index is 0.0160. The second-order valence-electron chi connectivity index (χ2n) is 8.96. The van der Waals surface area contributed by atoms with Gasteiger partial charge in [-0.1, -0.05) is 54.5 Å². The fourth-order valence-electron chi connectivity index (χ4n) is 5.41. The standard InChI is InChI=1S/C20H37NO2Si/c1-14(2)24(15(3)4,16(5)6)23-18-11-9-10-17-20(18,7)13-12-19(22)21(17)8/h10,14-16,18H,9,11-13H2,1-8H3. The zero-order valence-electron chi connectivity index (χ0n) is 17.0. The Bertz CT molecular complexity index is 490. The Balaban J connectivity index is 2.38. The van der Waals surface area contributed by atoms with E-state index in [9.17, 15) is 4.79 Å². The summed E-state index contributed by atoms with van der Waals surface area (Å²) in [5.74, 6) is 0.250. The first kappa shape index (κ1) is 19.7. The molecule has 4 heteroatoms. The first-order valence-corrected chi connectivity index (χ1v) is 11.9. The maximum Gasteiger partial charge on any atom is 0.226 e. The molecule has 0 aromatic heterocycles. The lowest BCUT2D eigenvalue weighted by molar-refractivity contribution is -0.134. The van der Waals surface area contributed by atoms with Crippen molar-refractivity contribution in [3.8, 4) is 0 Å². The highest BCUT2D eigenvalue weighted by Crippen LogP contribution is 2.51. The number of allylic oxidation sites excluding steroid dienone is 1. The van der Waals surface area contributed by atoms with Gasteiger partial charge < -0.3 is 9.33 Å². The number of carbonyl (C=O) groups excluding carboxylic acids is 1. The maximum absolute atomic E-state index is 12.2. The van der Waals surface area contributed by atoms with E-state index in [4.69, 9.17) is 4.43 Å². The van der Waals surface area contributed by atoms with Crippen LogP contribution in [-0.4, -0.2) is 32.3 Å². The smallest absolute Gasteiger partial charge is 0.226 e. The van der Waals surface area contributed by atoms with E-state index in [0.29, 0.717) is 23.0 Å². The molecule has 138 valence electrons. The van der Waals surface area contributed by atoms with Crippen molar-refractivity contribution in [2.24, 2.45) is 5.41 Å². The molecule has 0 spiro atoms. The molecule has 24 heavy (non-hydrogen) atoms. The molecule has 1 saturated heterocycles. The number of likely N-dealkylation sites (tertiary alicyclic amines) is 1. The summed E-state index contributed by atoms with van der Waals surface area (Å²) in [5, 5.41) is 0. The van der Waals surface area contributed by atoms with E-state index < -0.39 is 8.32 Å². The van der Waals surface area contributed by atoms with Crippen LogP contribution in [0.3, 0.4) is 0 Å². The summed E-state index contributed by atoms with van der Waals surface area (Å²) < 4.78 is 7.18. The fourth-order valence-corrected chi connectivity index (χ4v) is 11.1. The third-order valence-corrected chi connectivity index (χ3v) is 12.8. The van der Waals surface area contributed by atoms with Gasteiger partial charge in [0.15, 0.2) is 0 Å². The zero-order valence-corrected chi connectivity index (χ0v) is 18.0. The lowest BCUT2D eigenvalue weighted by Gasteiger charge is -2.53. The van der Waals surface area contributed by atoms with Crippen molar-refractivity contribution in [3.63, 3.8) is 0 Å². The van der Waals surface area contributed by atoms with Crippen molar-refractivity contribution in [3.05, 3.63) is 11.8 Å². The Kier molecular flexibility index (Phi) is 5.71. The van der Waals surface area contributed by atoms with Gasteiger partial charge in [-0.15, -0.1) is 0 Å². The van der Waals surface area contributed by atoms with Crippen LogP contribution in [0.1, 0.15) is 74.1 Å². The van der Waals surface area contributed by atoms with Gasteiger partial charge >= 0.3 is 0 Å². The van der Waals surface area contributed by atoms with Crippen molar-refractivity contribution < 1.29 is 9.22 Å². The Labute approximate surface area is 150 Å². The lowest BCUT2D eigenvalue weighted by Crippen LogP contribution is -2.56. The van der Waals surface area contributed by atoms with Crippen molar-refractivity contribution in [2.45, 2.75) is 96.9 Å². The highest BCUT2D eigenvalue weighted by atomic mass is 28.4. The molecule has 1 fully saturated rings. The largest absolute Gasteiger partial charge is 0.412 e. The summed E-state index contributed by atoms with van der Waals surface area (Å²) in [6.07, 6.45) is 6.19. The lowest BCUT2D eigenvalue weighted by atomic mass is 9.69. The average Bonchev–Trinajstić information content (AvgIpc) is 2.48. The van der Waals surface area contributed by atoms with Gasteiger partial charge in [-0.05, 0) is 35.9 Å². The number of fused-ring (bicyclic) bond motifs is 1. The van der Waals surface area contributed by atoms with Gasteiger partial charge in [-0.25, -0.2) is 0 Å². The minimum atomic E-state index is -1.91. The average molecular weight is 352 g/mol. The minimum Gasteiger partial charge on any atom is -0.412 e. The van der Waals surface area contributed by atoms with Crippen LogP contribution in [0.4, 0.5) is 0 Å². The van der Waals surface area contributed by atoms with Gasteiger partial charge in [-0.3, -0.25) is 4.79 Å². The number of hydrogen-bond donors (Lipinski definition) is 0. The summed E-state index contributed by atoms with van der Waals surface area (Å²) in [7, 11) is 0.0285. The molecule has 0 bridgehead atoms. The highest BCUT2D eigenvalue weighted by Gasteiger charge is 2.52. The van der Waals surface area contributed by atoms with Crippen molar-refractivity contribution in [1.29, 1.82) is 0 Å². The van der Waals surface area contributed by atoms with E-state index >= 15 is 0 Å². The molecule has 2 atom stereocenters. The first-order chi connectivity index (χ1) is 11.1. The van der Waals surface area contributed by atoms with Crippen LogP contribution in [0.5, 0.6) is 0 Å². The van der Waals surface area contributed by atoms with Crippen LogP contribution in [0.15, 0.2) is 11.8 Å². The summed E-state index contributed by atoms with van der Waals surface area (Å²) >= 11 is 0. The molecule has 1 amide bonds. The second kappa shape index (κ2) is 6.95. The predicted molar refractivity (Wildman–Crippen MR) is 103 cm³/mol. The van der Waals surface area contributed by atoms with Crippen molar-refractivity contribution >= 4 is 14.2 Å². The number of nitrogens with zero attached hydrogens (tertiary/aromatic N) is 1. The van der Waals surface area contributed by atoms with E-state index in [1.54, 1.807) is 0 Å². The molecule has 0 N–H and O–H groups in total. The van der Waals surface area contributed by atoms with Gasteiger partial charge in [0, 0.05) is 24.6 Å². The van der Waals surface area contributed by atoms with E-state index in [0.717, 1.165) is 19.3 Å². The topological polar surface area (TPSA) is 29.5 Å². The molecule has 2 rings (SSSR count). The quantitative estimate of drug-likeness (QED) is 0.613. The molecule has 1 aliphatic heterocycles. The van der Waals surface area contributed by atoms with Gasteiger partial charge in [0.2, 0.25) is 14.2 Å². The second-order valence-corrected chi connectivity index (χ2v) is 14.4. The molecule has 2 aliphatic rings. The third kappa shape index (κ3) is 3.01. The number of rotatable bonds is 5.